The van der Waals surface area contributed by atoms with E-state index in [-0.39, 0.29) is 34.5 Å². The van der Waals surface area contributed by atoms with Crippen molar-refractivity contribution in [2.75, 3.05) is 0 Å². The van der Waals surface area contributed by atoms with Crippen LogP contribution >= 0.6 is 0 Å². The van der Waals surface area contributed by atoms with Crippen molar-refractivity contribution >= 4 is 0 Å². The number of hydrogen-bond donors (Lipinski definition) is 3. The standard InChI is InChI=1S/C27H32O3/c1-18(2)26(21-7-13-24(29)14-8-21)27(4,22-9-15-25(30)16-10-22)17-19(3)20-5-11-23(28)12-6-20/h5-16,18-19,26,28-30H,17H2,1-4H3. The molecule has 3 atom stereocenters. The van der Waals surface area contributed by atoms with Crippen molar-refractivity contribution in [1.29, 1.82) is 0 Å². The lowest BCUT2D eigenvalue weighted by Crippen LogP contribution is -2.35. The number of phenolic OH excluding ortho intramolecular Hbond substituents is 3. The molecule has 3 heteroatoms. The van der Waals surface area contributed by atoms with E-state index in [1.165, 1.54) is 16.7 Å². The van der Waals surface area contributed by atoms with Crippen LogP contribution < -0.4 is 0 Å². The third kappa shape index (κ3) is 4.62. The molecule has 158 valence electrons. The predicted molar refractivity (Wildman–Crippen MR) is 122 cm³/mol. The summed E-state index contributed by atoms with van der Waals surface area (Å²) in [4.78, 5) is 0. The van der Waals surface area contributed by atoms with Crippen molar-refractivity contribution in [3.8, 4) is 17.2 Å². The molecule has 0 amide bonds. The van der Waals surface area contributed by atoms with Crippen LogP contribution in [0.4, 0.5) is 0 Å². The highest BCUT2D eigenvalue weighted by Crippen LogP contribution is 2.49. The van der Waals surface area contributed by atoms with Crippen LogP contribution in [0, 0.1) is 5.92 Å². The van der Waals surface area contributed by atoms with E-state index in [1.807, 2.05) is 36.4 Å². The normalized spacial score (nSPS) is 15.5. The molecule has 3 rings (SSSR count). The summed E-state index contributed by atoms with van der Waals surface area (Å²) in [5, 5.41) is 29.3. The second kappa shape index (κ2) is 8.83. The summed E-state index contributed by atoms with van der Waals surface area (Å²) in [5.74, 6) is 1.64. The Kier molecular flexibility index (Phi) is 6.40. The number of aromatic hydroxyl groups is 3. The second-order valence-corrected chi connectivity index (χ2v) is 8.97. The second-order valence-electron chi connectivity index (χ2n) is 8.97. The number of phenols is 3. The molecule has 3 unspecified atom stereocenters. The van der Waals surface area contributed by atoms with Gasteiger partial charge in [0, 0.05) is 5.41 Å². The van der Waals surface area contributed by atoms with Gasteiger partial charge in [-0.25, -0.2) is 0 Å². The topological polar surface area (TPSA) is 60.7 Å². The van der Waals surface area contributed by atoms with Gasteiger partial charge in [0.25, 0.3) is 0 Å². The van der Waals surface area contributed by atoms with Gasteiger partial charge < -0.3 is 15.3 Å². The van der Waals surface area contributed by atoms with Gasteiger partial charge in [0.05, 0.1) is 0 Å². The zero-order valence-electron chi connectivity index (χ0n) is 18.2. The Morgan fingerprint density at radius 2 is 1.03 bits per heavy atom. The van der Waals surface area contributed by atoms with E-state index in [4.69, 9.17) is 0 Å². The van der Waals surface area contributed by atoms with Crippen LogP contribution in [0.3, 0.4) is 0 Å². The van der Waals surface area contributed by atoms with Gasteiger partial charge in [-0.2, -0.15) is 0 Å². The van der Waals surface area contributed by atoms with E-state index < -0.39 is 0 Å². The minimum atomic E-state index is -0.212. The predicted octanol–water partition coefficient (Wildman–Crippen LogP) is 6.69. The maximum atomic E-state index is 9.85. The molecule has 0 bridgehead atoms. The van der Waals surface area contributed by atoms with Crippen molar-refractivity contribution in [3.05, 3.63) is 89.5 Å². The lowest BCUT2D eigenvalue weighted by atomic mass is 9.61. The van der Waals surface area contributed by atoms with Gasteiger partial charge in [-0.3, -0.25) is 0 Å². The first-order valence-electron chi connectivity index (χ1n) is 10.6. The first-order chi connectivity index (χ1) is 14.2. The van der Waals surface area contributed by atoms with Gasteiger partial charge in [-0.15, -0.1) is 0 Å². The molecule has 3 nitrogen and oxygen atoms in total. The molecule has 3 aromatic rings. The molecule has 0 radical (unpaired) electrons. The van der Waals surface area contributed by atoms with Gasteiger partial charge in [0.1, 0.15) is 17.2 Å². The van der Waals surface area contributed by atoms with Gasteiger partial charge in [0.15, 0.2) is 0 Å². The van der Waals surface area contributed by atoms with Crippen molar-refractivity contribution < 1.29 is 15.3 Å². The Labute approximate surface area is 179 Å². The number of benzene rings is 3. The van der Waals surface area contributed by atoms with Crippen LogP contribution in [0.2, 0.25) is 0 Å². The Bertz CT molecular complexity index is 943. The summed E-state index contributed by atoms with van der Waals surface area (Å²) in [7, 11) is 0. The third-order valence-electron chi connectivity index (χ3n) is 6.32. The van der Waals surface area contributed by atoms with E-state index in [2.05, 4.69) is 27.7 Å². The smallest absolute Gasteiger partial charge is 0.115 e. The van der Waals surface area contributed by atoms with Crippen molar-refractivity contribution in [2.24, 2.45) is 5.92 Å². The van der Waals surface area contributed by atoms with Crippen molar-refractivity contribution in [2.45, 2.75) is 51.4 Å². The van der Waals surface area contributed by atoms with Crippen LogP contribution in [0.5, 0.6) is 17.2 Å². The average molecular weight is 405 g/mol. The van der Waals surface area contributed by atoms with Gasteiger partial charge in [0.2, 0.25) is 0 Å². The lowest BCUT2D eigenvalue weighted by Gasteiger charge is -2.43. The molecule has 0 aromatic heterocycles. The largest absolute Gasteiger partial charge is 0.508 e. The average Bonchev–Trinajstić information content (AvgIpc) is 2.70. The lowest BCUT2D eigenvalue weighted by molar-refractivity contribution is 0.271. The molecule has 0 aliphatic rings. The molecule has 3 aromatic carbocycles. The Morgan fingerprint density at radius 1 is 0.633 bits per heavy atom. The summed E-state index contributed by atoms with van der Waals surface area (Å²) >= 11 is 0. The zero-order valence-corrected chi connectivity index (χ0v) is 18.2. The van der Waals surface area contributed by atoms with Crippen LogP contribution in [0.25, 0.3) is 0 Å². The first kappa shape index (κ1) is 21.8. The fraction of sp³-hybridized carbons (Fsp3) is 0.333. The molecule has 0 aliphatic heterocycles. The molecular formula is C27H32O3. The maximum Gasteiger partial charge on any atom is 0.115 e. The highest BCUT2D eigenvalue weighted by atomic mass is 16.3. The number of rotatable bonds is 7. The van der Waals surface area contributed by atoms with Crippen LogP contribution in [-0.4, -0.2) is 15.3 Å². The Hall–Kier alpha value is -2.94. The molecule has 30 heavy (non-hydrogen) atoms. The molecule has 0 heterocycles. The molecule has 0 saturated heterocycles. The summed E-state index contributed by atoms with van der Waals surface area (Å²) in [6, 6.07) is 22.6. The van der Waals surface area contributed by atoms with Gasteiger partial charge in [-0.05, 0) is 77.3 Å². The van der Waals surface area contributed by atoms with Crippen molar-refractivity contribution in [1.82, 2.24) is 0 Å². The number of hydrogen-bond acceptors (Lipinski definition) is 3. The summed E-state index contributed by atoms with van der Waals surface area (Å²) in [6.07, 6.45) is 0.895. The first-order valence-corrected chi connectivity index (χ1v) is 10.6. The molecule has 0 fully saturated rings. The third-order valence-corrected chi connectivity index (χ3v) is 6.32. The maximum absolute atomic E-state index is 9.85. The Balaban J connectivity index is 2.08. The SMILES string of the molecule is CC(CC(C)(c1ccc(O)cc1)C(c1ccc(O)cc1)C(C)C)c1ccc(O)cc1. The highest BCUT2D eigenvalue weighted by Gasteiger charge is 2.40. The van der Waals surface area contributed by atoms with E-state index >= 15 is 0 Å². The monoisotopic (exact) mass is 404 g/mol. The van der Waals surface area contributed by atoms with Crippen molar-refractivity contribution in [3.63, 3.8) is 0 Å². The zero-order chi connectivity index (χ0) is 21.9. The fourth-order valence-electron chi connectivity index (χ4n) is 4.99. The minimum Gasteiger partial charge on any atom is -0.508 e. The Morgan fingerprint density at radius 3 is 1.47 bits per heavy atom. The van der Waals surface area contributed by atoms with E-state index in [0.717, 1.165) is 6.42 Å². The van der Waals surface area contributed by atoms with Gasteiger partial charge >= 0.3 is 0 Å². The summed E-state index contributed by atoms with van der Waals surface area (Å²) in [6.45, 7) is 9.00. The molecule has 0 spiro atoms. The molecule has 0 aliphatic carbocycles. The van der Waals surface area contributed by atoms with Crippen LogP contribution in [-0.2, 0) is 5.41 Å². The minimum absolute atomic E-state index is 0.210. The quantitative estimate of drug-likeness (QED) is 0.411. The van der Waals surface area contributed by atoms with Crippen LogP contribution in [0.15, 0.2) is 72.8 Å². The molecule has 3 N–H and O–H groups in total. The van der Waals surface area contributed by atoms with Gasteiger partial charge in [-0.1, -0.05) is 64.1 Å². The summed E-state index contributed by atoms with van der Waals surface area (Å²) < 4.78 is 0. The molecular weight excluding hydrogens is 372 g/mol. The van der Waals surface area contributed by atoms with E-state index in [9.17, 15) is 15.3 Å². The summed E-state index contributed by atoms with van der Waals surface area (Å²) in [5.41, 5.74) is 3.34. The highest BCUT2D eigenvalue weighted by molar-refractivity contribution is 5.39. The molecule has 0 saturated carbocycles. The van der Waals surface area contributed by atoms with Crippen LogP contribution in [0.1, 0.15) is 62.6 Å². The van der Waals surface area contributed by atoms with E-state index in [1.54, 1.807) is 36.4 Å². The van der Waals surface area contributed by atoms with E-state index in [0.29, 0.717) is 5.92 Å². The fourth-order valence-corrected chi connectivity index (χ4v) is 4.99.